The van der Waals surface area contributed by atoms with Crippen LogP contribution in [0.2, 0.25) is 0 Å². The zero-order valence-corrected chi connectivity index (χ0v) is 9.92. The summed E-state index contributed by atoms with van der Waals surface area (Å²) in [6, 6.07) is 4.33. The van der Waals surface area contributed by atoms with Gasteiger partial charge in [0, 0.05) is 11.6 Å². The number of rotatable bonds is 2. The average Bonchev–Trinajstić information content (AvgIpc) is 2.41. The van der Waals surface area contributed by atoms with Gasteiger partial charge in [0.05, 0.1) is 11.3 Å². The summed E-state index contributed by atoms with van der Waals surface area (Å²) in [6.07, 6.45) is 0. The zero-order valence-electron chi connectivity index (χ0n) is 8.34. The number of carbonyl (C=O) groups is 1. The van der Waals surface area contributed by atoms with Crippen molar-refractivity contribution in [2.45, 2.75) is 5.92 Å². The van der Waals surface area contributed by atoms with Crippen molar-refractivity contribution in [3.8, 4) is 0 Å². The molecule has 86 valence electrons. The van der Waals surface area contributed by atoms with E-state index >= 15 is 0 Å². The van der Waals surface area contributed by atoms with Crippen LogP contribution in [0.25, 0.3) is 0 Å². The first kappa shape index (κ1) is 11.5. The molecule has 0 bridgehead atoms. The minimum atomic E-state index is -3.47. The molecule has 0 fully saturated rings. The summed E-state index contributed by atoms with van der Waals surface area (Å²) in [4.78, 5) is 12.4. The van der Waals surface area contributed by atoms with E-state index in [0.29, 0.717) is 4.47 Å². The number of ether oxygens (including phenoxy) is 1. The first-order valence-electron chi connectivity index (χ1n) is 4.47. The van der Waals surface area contributed by atoms with Gasteiger partial charge in [0.2, 0.25) is 0 Å². The molecule has 0 atom stereocenters. The van der Waals surface area contributed by atoms with Gasteiger partial charge >= 0.3 is 11.8 Å². The van der Waals surface area contributed by atoms with E-state index in [0.717, 1.165) is 4.90 Å². The Labute approximate surface area is 99.1 Å². The number of carbonyl (C=O) groups excluding carboxylic acids is 1. The molecule has 1 aromatic rings. The lowest BCUT2D eigenvalue weighted by Crippen LogP contribution is -2.35. The van der Waals surface area contributed by atoms with Crippen LogP contribution in [-0.4, -0.2) is 19.7 Å². The van der Waals surface area contributed by atoms with Gasteiger partial charge in [0.25, 0.3) is 0 Å². The fraction of sp³-hybridized carbons (Fsp3) is 0.300. The summed E-state index contributed by atoms with van der Waals surface area (Å²) < 4.78 is 32.5. The van der Waals surface area contributed by atoms with E-state index in [4.69, 9.17) is 4.74 Å². The van der Waals surface area contributed by atoms with E-state index in [1.807, 2.05) is 0 Å². The molecular formula is C10H8BrF2NO2. The number of fused-ring (bicyclic) bond motifs is 1. The van der Waals surface area contributed by atoms with Gasteiger partial charge in [-0.15, -0.1) is 0 Å². The van der Waals surface area contributed by atoms with Crippen LogP contribution >= 0.6 is 15.9 Å². The van der Waals surface area contributed by atoms with Crippen LogP contribution in [0.15, 0.2) is 22.7 Å². The zero-order chi connectivity index (χ0) is 11.9. The number of hydrogen-bond donors (Lipinski definition) is 0. The van der Waals surface area contributed by atoms with Crippen molar-refractivity contribution in [2.24, 2.45) is 0 Å². The summed E-state index contributed by atoms with van der Waals surface area (Å²) in [5, 5.41) is 0. The number of benzene rings is 1. The van der Waals surface area contributed by atoms with Crippen molar-refractivity contribution in [3.05, 3.63) is 28.2 Å². The molecule has 0 saturated heterocycles. The highest BCUT2D eigenvalue weighted by molar-refractivity contribution is 9.10. The highest BCUT2D eigenvalue weighted by atomic mass is 79.9. The SMILES string of the molecule is COCN1C(=O)C(F)(F)c2cc(Br)ccc21. The molecule has 16 heavy (non-hydrogen) atoms. The molecule has 0 aromatic heterocycles. The summed E-state index contributed by atoms with van der Waals surface area (Å²) in [6.45, 7) is -0.178. The molecule has 1 heterocycles. The normalized spacial score (nSPS) is 17.8. The Balaban J connectivity index is 2.55. The minimum absolute atomic E-state index is 0.178. The molecule has 1 aliphatic rings. The predicted octanol–water partition coefficient (Wildman–Crippen LogP) is 2.49. The van der Waals surface area contributed by atoms with E-state index in [9.17, 15) is 13.6 Å². The van der Waals surface area contributed by atoms with Gasteiger partial charge in [-0.1, -0.05) is 15.9 Å². The standard InChI is InChI=1S/C10H8BrF2NO2/c1-16-5-14-8-3-2-6(11)4-7(8)10(12,13)9(14)15/h2-4H,5H2,1H3. The molecule has 3 nitrogen and oxygen atoms in total. The lowest BCUT2D eigenvalue weighted by atomic mass is 10.1. The molecule has 0 saturated carbocycles. The molecule has 2 rings (SSSR count). The molecule has 1 amide bonds. The monoisotopic (exact) mass is 291 g/mol. The second kappa shape index (κ2) is 3.78. The third kappa shape index (κ3) is 1.53. The number of nitrogens with zero attached hydrogens (tertiary/aromatic N) is 1. The molecular weight excluding hydrogens is 284 g/mol. The lowest BCUT2D eigenvalue weighted by molar-refractivity contribution is -0.142. The Morgan fingerprint density at radius 1 is 1.50 bits per heavy atom. The second-order valence-corrected chi connectivity index (χ2v) is 4.30. The van der Waals surface area contributed by atoms with Crippen LogP contribution in [0.4, 0.5) is 14.5 Å². The highest BCUT2D eigenvalue weighted by Crippen LogP contribution is 2.44. The van der Waals surface area contributed by atoms with Gasteiger partial charge in [-0.05, 0) is 18.2 Å². The van der Waals surface area contributed by atoms with Crippen LogP contribution in [0, 0.1) is 0 Å². The molecule has 0 N–H and O–H groups in total. The Bertz CT molecular complexity index is 450. The topological polar surface area (TPSA) is 29.5 Å². The second-order valence-electron chi connectivity index (χ2n) is 3.39. The van der Waals surface area contributed by atoms with E-state index in [2.05, 4.69) is 15.9 Å². The van der Waals surface area contributed by atoms with Gasteiger partial charge in [0.15, 0.2) is 0 Å². The maximum absolute atomic E-state index is 13.6. The molecule has 0 unspecified atom stereocenters. The fourth-order valence-electron chi connectivity index (χ4n) is 1.65. The first-order valence-corrected chi connectivity index (χ1v) is 5.26. The highest BCUT2D eigenvalue weighted by Gasteiger charge is 2.52. The Morgan fingerprint density at radius 3 is 2.81 bits per heavy atom. The van der Waals surface area contributed by atoms with Crippen LogP contribution in [0.5, 0.6) is 0 Å². The Morgan fingerprint density at radius 2 is 2.19 bits per heavy atom. The third-order valence-electron chi connectivity index (χ3n) is 2.36. The van der Waals surface area contributed by atoms with Crippen LogP contribution in [-0.2, 0) is 15.5 Å². The maximum Gasteiger partial charge on any atom is 0.352 e. The number of hydrogen-bond acceptors (Lipinski definition) is 2. The van der Waals surface area contributed by atoms with Gasteiger partial charge in [-0.25, -0.2) is 0 Å². The average molecular weight is 292 g/mol. The van der Waals surface area contributed by atoms with Gasteiger partial charge in [-0.3, -0.25) is 9.69 Å². The number of alkyl halides is 2. The maximum atomic E-state index is 13.6. The van der Waals surface area contributed by atoms with Crippen LogP contribution in [0.1, 0.15) is 5.56 Å². The summed E-state index contributed by atoms with van der Waals surface area (Å²) in [5.41, 5.74) is -0.0935. The minimum Gasteiger partial charge on any atom is -0.364 e. The first-order chi connectivity index (χ1) is 7.48. The van der Waals surface area contributed by atoms with Crippen molar-refractivity contribution in [1.82, 2.24) is 0 Å². The molecule has 0 spiro atoms. The molecule has 0 radical (unpaired) electrons. The smallest absolute Gasteiger partial charge is 0.352 e. The van der Waals surface area contributed by atoms with E-state index < -0.39 is 11.8 Å². The van der Waals surface area contributed by atoms with Crippen molar-refractivity contribution >= 4 is 27.5 Å². The number of anilines is 1. The molecule has 0 aliphatic carbocycles. The van der Waals surface area contributed by atoms with Gasteiger partial charge in [-0.2, -0.15) is 8.78 Å². The predicted molar refractivity (Wildman–Crippen MR) is 57.4 cm³/mol. The molecule has 6 heteroatoms. The number of halogens is 3. The summed E-state index contributed by atoms with van der Waals surface area (Å²) >= 11 is 3.10. The van der Waals surface area contributed by atoms with Crippen molar-refractivity contribution in [3.63, 3.8) is 0 Å². The van der Waals surface area contributed by atoms with Crippen molar-refractivity contribution in [1.29, 1.82) is 0 Å². The van der Waals surface area contributed by atoms with Gasteiger partial charge in [0.1, 0.15) is 6.73 Å². The summed E-state index contributed by atoms with van der Waals surface area (Å²) in [7, 11) is 1.35. The largest absolute Gasteiger partial charge is 0.364 e. The number of methoxy groups -OCH3 is 1. The van der Waals surface area contributed by atoms with E-state index in [-0.39, 0.29) is 18.0 Å². The van der Waals surface area contributed by atoms with Gasteiger partial charge < -0.3 is 4.74 Å². The molecule has 1 aliphatic heterocycles. The van der Waals surface area contributed by atoms with Crippen molar-refractivity contribution in [2.75, 3.05) is 18.7 Å². The van der Waals surface area contributed by atoms with Crippen molar-refractivity contribution < 1.29 is 18.3 Å². The Hall–Kier alpha value is -1.01. The Kier molecular flexibility index (Phi) is 2.71. The van der Waals surface area contributed by atoms with Crippen LogP contribution < -0.4 is 4.90 Å². The molecule has 1 aromatic carbocycles. The van der Waals surface area contributed by atoms with E-state index in [1.165, 1.54) is 19.2 Å². The summed E-state index contributed by atoms with van der Waals surface area (Å²) in [5.74, 6) is -4.72. The lowest BCUT2D eigenvalue weighted by Gasteiger charge is -2.15. The van der Waals surface area contributed by atoms with Crippen LogP contribution in [0.3, 0.4) is 0 Å². The van der Waals surface area contributed by atoms with E-state index in [1.54, 1.807) is 6.07 Å². The quantitative estimate of drug-likeness (QED) is 0.838. The number of amides is 1. The third-order valence-corrected chi connectivity index (χ3v) is 2.85. The fourth-order valence-corrected chi connectivity index (χ4v) is 2.01.